The number of fused-ring (bicyclic) bond motifs is 2. The summed E-state index contributed by atoms with van der Waals surface area (Å²) in [6.45, 7) is 3.60. The van der Waals surface area contributed by atoms with Crippen molar-refractivity contribution in [1.82, 2.24) is 19.5 Å². The molecule has 0 unspecified atom stereocenters. The monoisotopic (exact) mass is 566 g/mol. The van der Waals surface area contributed by atoms with Crippen molar-refractivity contribution in [3.63, 3.8) is 0 Å². The van der Waals surface area contributed by atoms with E-state index in [0.29, 0.717) is 19.8 Å². The average Bonchev–Trinajstić information content (AvgIpc) is 3.54. The molecule has 0 atom stereocenters. The van der Waals surface area contributed by atoms with Crippen molar-refractivity contribution >= 4 is 34.9 Å². The molecule has 40 heavy (non-hydrogen) atoms. The number of benzene rings is 2. The number of H-pyrrole nitrogens is 1. The van der Waals surface area contributed by atoms with E-state index in [9.17, 15) is 4.79 Å². The molecule has 0 aliphatic carbocycles. The Labute approximate surface area is 239 Å². The molecular weight excluding hydrogens is 541 g/mol. The van der Waals surface area contributed by atoms with Gasteiger partial charge in [-0.15, -0.1) is 0 Å². The smallest absolute Gasteiger partial charge is 0.250 e. The number of hydrogen-bond donors (Lipinski definition) is 2. The second kappa shape index (κ2) is 10.9. The topological polar surface area (TPSA) is 88.1 Å². The third-order valence-electron chi connectivity index (χ3n) is 6.93. The van der Waals surface area contributed by atoms with Crippen molar-refractivity contribution in [2.24, 2.45) is 0 Å². The van der Waals surface area contributed by atoms with Crippen LogP contribution >= 0.6 is 23.5 Å². The van der Waals surface area contributed by atoms with Gasteiger partial charge in [-0.25, -0.2) is 4.98 Å². The summed E-state index contributed by atoms with van der Waals surface area (Å²) in [6, 6.07) is 18.7. The third kappa shape index (κ3) is 5.13. The van der Waals surface area contributed by atoms with Crippen LogP contribution in [0.3, 0.4) is 0 Å². The SMILES string of the molecule is O=c1cc(N2CCOCC2)cc(-c2cccc3c2Sc2ccc(NCc4cncc(-n5ccnc5)c4)cc2S3)[nH]1. The molecule has 0 amide bonds. The maximum absolute atomic E-state index is 12.6. The number of pyridine rings is 2. The lowest BCUT2D eigenvalue weighted by atomic mass is 10.1. The van der Waals surface area contributed by atoms with Gasteiger partial charge in [0, 0.05) is 80.8 Å². The van der Waals surface area contributed by atoms with Crippen molar-refractivity contribution in [2.45, 2.75) is 26.1 Å². The Morgan fingerprint density at radius 1 is 0.925 bits per heavy atom. The number of hydrogen-bond acceptors (Lipinski definition) is 8. The van der Waals surface area contributed by atoms with Gasteiger partial charge in [-0.1, -0.05) is 35.7 Å². The molecule has 0 radical (unpaired) electrons. The maximum atomic E-state index is 12.6. The highest BCUT2D eigenvalue weighted by Gasteiger charge is 2.22. The van der Waals surface area contributed by atoms with E-state index in [1.54, 1.807) is 42.1 Å². The molecule has 5 aromatic rings. The number of ether oxygens (including phenoxy) is 1. The van der Waals surface area contributed by atoms with E-state index in [4.69, 9.17) is 4.74 Å². The van der Waals surface area contributed by atoms with Crippen molar-refractivity contribution in [3.05, 3.63) is 102 Å². The normalized spacial score (nSPS) is 14.4. The van der Waals surface area contributed by atoms with Crippen LogP contribution in [-0.4, -0.2) is 45.8 Å². The molecular formula is C30H26N6O2S2. The first-order valence-electron chi connectivity index (χ1n) is 13.1. The lowest BCUT2D eigenvalue weighted by Crippen LogP contribution is -2.36. The van der Waals surface area contributed by atoms with E-state index in [-0.39, 0.29) is 5.56 Å². The highest BCUT2D eigenvalue weighted by atomic mass is 32.2. The number of imidazole rings is 1. The van der Waals surface area contributed by atoms with Gasteiger partial charge in [-0.05, 0) is 42.0 Å². The second-order valence-corrected chi connectivity index (χ2v) is 11.7. The maximum Gasteiger partial charge on any atom is 0.250 e. The van der Waals surface area contributed by atoms with E-state index in [2.05, 4.69) is 73.7 Å². The molecule has 3 aromatic heterocycles. The Morgan fingerprint density at radius 2 is 1.85 bits per heavy atom. The standard InChI is InChI=1S/C30H26N6O2S2/c37-29-15-22(35-8-10-38-11-9-35)14-25(34-29)24-2-1-3-27-30(24)40-26-5-4-21(13-28(26)39-27)33-17-20-12-23(18-32-16-20)36-7-6-31-19-36/h1-7,12-16,18-19,33H,8-11,17H2,(H,34,37). The van der Waals surface area contributed by atoms with Gasteiger partial charge >= 0.3 is 0 Å². The van der Waals surface area contributed by atoms with Crippen LogP contribution in [0, 0.1) is 0 Å². The van der Waals surface area contributed by atoms with Crippen LogP contribution in [0.15, 0.2) is 110 Å². The van der Waals surface area contributed by atoms with Crippen LogP contribution in [0.25, 0.3) is 16.9 Å². The van der Waals surface area contributed by atoms with E-state index in [1.807, 2.05) is 23.2 Å². The van der Waals surface area contributed by atoms with Crippen molar-refractivity contribution in [1.29, 1.82) is 0 Å². The first-order chi connectivity index (χ1) is 19.7. The molecule has 2 N–H and O–H groups in total. The van der Waals surface area contributed by atoms with Gasteiger partial charge in [0.05, 0.1) is 37.1 Å². The molecule has 2 aliphatic rings. The lowest BCUT2D eigenvalue weighted by Gasteiger charge is -2.29. The molecule has 8 nitrogen and oxygen atoms in total. The molecule has 200 valence electrons. The third-order valence-corrected chi connectivity index (χ3v) is 9.53. The Kier molecular flexibility index (Phi) is 6.80. The van der Waals surface area contributed by atoms with Gasteiger partial charge in [0.25, 0.3) is 0 Å². The summed E-state index contributed by atoms with van der Waals surface area (Å²) in [5, 5.41) is 3.55. The Morgan fingerprint density at radius 3 is 2.73 bits per heavy atom. The highest BCUT2D eigenvalue weighted by molar-refractivity contribution is 8.05. The molecule has 2 aliphatic heterocycles. The van der Waals surface area contributed by atoms with Crippen LogP contribution in [-0.2, 0) is 11.3 Å². The molecule has 1 fully saturated rings. The quantitative estimate of drug-likeness (QED) is 0.266. The van der Waals surface area contributed by atoms with E-state index in [0.717, 1.165) is 51.9 Å². The summed E-state index contributed by atoms with van der Waals surface area (Å²) in [4.78, 5) is 31.2. The zero-order chi connectivity index (χ0) is 26.9. The number of anilines is 2. The Balaban J connectivity index is 1.11. The summed E-state index contributed by atoms with van der Waals surface area (Å²) in [6.07, 6.45) is 9.16. The lowest BCUT2D eigenvalue weighted by molar-refractivity contribution is 0.122. The first-order valence-corrected chi connectivity index (χ1v) is 14.7. The molecule has 5 heterocycles. The summed E-state index contributed by atoms with van der Waals surface area (Å²) in [5.41, 5.74) is 5.86. The van der Waals surface area contributed by atoms with Crippen molar-refractivity contribution in [2.75, 3.05) is 36.5 Å². The zero-order valence-corrected chi connectivity index (χ0v) is 23.2. The number of aromatic nitrogens is 4. The minimum absolute atomic E-state index is 0.0908. The summed E-state index contributed by atoms with van der Waals surface area (Å²) in [7, 11) is 0. The van der Waals surface area contributed by atoms with E-state index >= 15 is 0 Å². The van der Waals surface area contributed by atoms with Crippen LogP contribution < -0.4 is 15.8 Å². The summed E-state index contributed by atoms with van der Waals surface area (Å²) in [5.74, 6) is 0. The fourth-order valence-electron chi connectivity index (χ4n) is 4.93. The van der Waals surface area contributed by atoms with Gasteiger partial charge in [-0.2, -0.15) is 0 Å². The van der Waals surface area contributed by atoms with Crippen LogP contribution in [0.2, 0.25) is 0 Å². The van der Waals surface area contributed by atoms with Gasteiger partial charge in [0.15, 0.2) is 0 Å². The number of nitrogens with zero attached hydrogens (tertiary/aromatic N) is 4. The number of morpholine rings is 1. The highest BCUT2D eigenvalue weighted by Crippen LogP contribution is 2.52. The fraction of sp³-hybridized carbons (Fsp3) is 0.167. The molecule has 0 bridgehead atoms. The predicted octanol–water partition coefficient (Wildman–Crippen LogP) is 5.69. The molecule has 7 rings (SSSR count). The summed E-state index contributed by atoms with van der Waals surface area (Å²) < 4.78 is 7.44. The van der Waals surface area contributed by atoms with E-state index < -0.39 is 0 Å². The number of nitrogens with one attached hydrogen (secondary N) is 2. The molecule has 2 aromatic carbocycles. The molecule has 0 saturated carbocycles. The Hall–Kier alpha value is -3.99. The number of aromatic amines is 1. The van der Waals surface area contributed by atoms with E-state index in [1.165, 1.54) is 14.7 Å². The van der Waals surface area contributed by atoms with Gasteiger partial charge in [0.1, 0.15) is 0 Å². The second-order valence-electron chi connectivity index (χ2n) is 9.59. The first kappa shape index (κ1) is 25.0. The predicted molar refractivity (Wildman–Crippen MR) is 159 cm³/mol. The molecule has 10 heteroatoms. The Bertz CT molecular complexity index is 1730. The average molecular weight is 567 g/mol. The van der Waals surface area contributed by atoms with Gasteiger partial charge in [-0.3, -0.25) is 9.78 Å². The van der Waals surface area contributed by atoms with Gasteiger partial charge < -0.3 is 24.5 Å². The minimum Gasteiger partial charge on any atom is -0.381 e. The van der Waals surface area contributed by atoms with Gasteiger partial charge in [0.2, 0.25) is 5.56 Å². The van der Waals surface area contributed by atoms with Crippen LogP contribution in [0.5, 0.6) is 0 Å². The zero-order valence-electron chi connectivity index (χ0n) is 21.5. The van der Waals surface area contributed by atoms with Crippen LogP contribution in [0.1, 0.15) is 5.56 Å². The van der Waals surface area contributed by atoms with Crippen molar-refractivity contribution < 1.29 is 4.74 Å². The van der Waals surface area contributed by atoms with Crippen molar-refractivity contribution in [3.8, 4) is 16.9 Å². The molecule has 1 saturated heterocycles. The largest absolute Gasteiger partial charge is 0.381 e. The fourth-order valence-corrected chi connectivity index (χ4v) is 7.34. The summed E-state index contributed by atoms with van der Waals surface area (Å²) >= 11 is 3.51. The van der Waals surface area contributed by atoms with Crippen LogP contribution in [0.4, 0.5) is 11.4 Å². The minimum atomic E-state index is -0.0908. The molecule has 0 spiro atoms. The number of rotatable bonds is 6.